The molecule has 2 aromatic rings. The Kier molecular flexibility index (Phi) is 5.19. The maximum absolute atomic E-state index is 12.9. The van der Waals surface area contributed by atoms with Crippen LogP contribution in [0.1, 0.15) is 42.7 Å². The molecule has 0 N–H and O–H groups in total. The van der Waals surface area contributed by atoms with E-state index in [0.717, 1.165) is 42.5 Å². The van der Waals surface area contributed by atoms with E-state index in [4.69, 9.17) is 4.98 Å². The number of anilines is 2. The van der Waals surface area contributed by atoms with Crippen molar-refractivity contribution in [1.82, 2.24) is 14.5 Å². The monoisotopic (exact) mass is 354 g/mol. The molecule has 1 aromatic carbocycles. The highest BCUT2D eigenvalue weighted by Gasteiger charge is 2.27. The molecule has 3 rings (SSSR count). The van der Waals surface area contributed by atoms with Crippen LogP contribution >= 0.6 is 0 Å². The van der Waals surface area contributed by atoms with Crippen molar-refractivity contribution in [2.24, 2.45) is 5.92 Å². The first-order valence-corrected chi connectivity index (χ1v) is 9.43. The van der Waals surface area contributed by atoms with Gasteiger partial charge in [-0.05, 0) is 63.3 Å². The molecule has 0 unspecified atom stereocenters. The van der Waals surface area contributed by atoms with E-state index in [1.807, 2.05) is 18.4 Å². The highest BCUT2D eigenvalue weighted by Crippen LogP contribution is 2.29. The van der Waals surface area contributed by atoms with Gasteiger partial charge in [0.2, 0.25) is 5.95 Å². The number of rotatable bonds is 4. The molecule has 0 atom stereocenters. The highest BCUT2D eigenvalue weighted by molar-refractivity contribution is 5.60. The first-order valence-electron chi connectivity index (χ1n) is 9.43. The van der Waals surface area contributed by atoms with Crippen molar-refractivity contribution >= 4 is 11.6 Å². The number of aromatic nitrogens is 2. The molecule has 0 saturated heterocycles. The fourth-order valence-electron chi connectivity index (χ4n) is 3.26. The number of hydrogen-bond acceptors (Lipinski definition) is 4. The predicted molar refractivity (Wildman–Crippen MR) is 107 cm³/mol. The molecule has 26 heavy (non-hydrogen) atoms. The first-order chi connectivity index (χ1) is 12.3. The summed E-state index contributed by atoms with van der Waals surface area (Å²) < 4.78 is 1.82. The smallest absolute Gasteiger partial charge is 0.259 e. The van der Waals surface area contributed by atoms with Gasteiger partial charge in [0.1, 0.15) is 0 Å². The van der Waals surface area contributed by atoms with Crippen molar-refractivity contribution in [1.29, 1.82) is 0 Å². The molecular formula is C21H30N4O. The van der Waals surface area contributed by atoms with Crippen LogP contribution in [0, 0.1) is 33.6 Å². The normalized spacial score (nSPS) is 14.8. The zero-order valence-electron chi connectivity index (χ0n) is 16.8. The first kappa shape index (κ1) is 18.6. The van der Waals surface area contributed by atoms with E-state index in [2.05, 4.69) is 55.7 Å². The molecule has 0 fully saturated rings. The summed E-state index contributed by atoms with van der Waals surface area (Å²) in [5.41, 5.74) is 5.22. The fourth-order valence-corrected chi connectivity index (χ4v) is 3.26. The topological polar surface area (TPSA) is 41.4 Å². The van der Waals surface area contributed by atoms with E-state index in [0.29, 0.717) is 12.6 Å². The molecule has 0 radical (unpaired) electrons. The van der Waals surface area contributed by atoms with Crippen molar-refractivity contribution in [2.45, 2.75) is 54.6 Å². The molecule has 0 aliphatic carbocycles. The van der Waals surface area contributed by atoms with Crippen LogP contribution in [0.2, 0.25) is 0 Å². The maximum atomic E-state index is 12.9. The number of benzene rings is 1. The van der Waals surface area contributed by atoms with Crippen LogP contribution in [-0.4, -0.2) is 27.7 Å². The van der Waals surface area contributed by atoms with Gasteiger partial charge in [0.05, 0.1) is 13.3 Å². The summed E-state index contributed by atoms with van der Waals surface area (Å²) in [6, 6.07) is 6.45. The van der Waals surface area contributed by atoms with Crippen molar-refractivity contribution < 1.29 is 0 Å². The summed E-state index contributed by atoms with van der Waals surface area (Å²) in [5.74, 6) is 1.39. The third-order valence-electron chi connectivity index (χ3n) is 5.37. The van der Waals surface area contributed by atoms with Crippen molar-refractivity contribution in [2.75, 3.05) is 18.1 Å². The SMILES string of the molecule is Cc1ccc(N2CN(CCC(C)C)Cn3c2nc(C)c(C)c3=O)cc1C. The molecule has 0 saturated carbocycles. The summed E-state index contributed by atoms with van der Waals surface area (Å²) in [4.78, 5) is 22.2. The molecule has 1 aromatic heterocycles. The zero-order chi connectivity index (χ0) is 19.0. The molecule has 0 amide bonds. The molecule has 0 bridgehead atoms. The molecule has 2 heterocycles. The van der Waals surface area contributed by atoms with Gasteiger partial charge < -0.3 is 0 Å². The minimum atomic E-state index is 0.0654. The van der Waals surface area contributed by atoms with Crippen LogP contribution in [-0.2, 0) is 6.67 Å². The second-order valence-electron chi connectivity index (χ2n) is 7.91. The number of hydrogen-bond donors (Lipinski definition) is 0. The van der Waals surface area contributed by atoms with E-state index in [1.165, 1.54) is 11.1 Å². The molecular weight excluding hydrogens is 324 g/mol. The molecule has 5 heteroatoms. The van der Waals surface area contributed by atoms with E-state index in [-0.39, 0.29) is 5.56 Å². The van der Waals surface area contributed by atoms with Gasteiger partial charge in [0, 0.05) is 23.5 Å². The Morgan fingerprint density at radius 2 is 1.81 bits per heavy atom. The minimum Gasteiger partial charge on any atom is -0.298 e. The van der Waals surface area contributed by atoms with Gasteiger partial charge in [-0.15, -0.1) is 0 Å². The Hall–Kier alpha value is -2.14. The van der Waals surface area contributed by atoms with Gasteiger partial charge in [0.15, 0.2) is 0 Å². The Labute approximate surface area is 156 Å². The Balaban J connectivity index is 2.07. The van der Waals surface area contributed by atoms with Crippen LogP contribution in [0.25, 0.3) is 0 Å². The second-order valence-corrected chi connectivity index (χ2v) is 7.91. The minimum absolute atomic E-state index is 0.0654. The van der Waals surface area contributed by atoms with Crippen LogP contribution in [0.15, 0.2) is 23.0 Å². The van der Waals surface area contributed by atoms with Crippen molar-refractivity contribution in [3.63, 3.8) is 0 Å². The molecule has 1 aliphatic heterocycles. The standard InChI is InChI=1S/C21H30N4O/c1-14(2)9-10-23-12-24(19-8-7-15(3)16(4)11-19)21-22-18(6)17(5)20(26)25(21)13-23/h7-8,11,14H,9-10,12-13H2,1-6H3. The van der Waals surface area contributed by atoms with Crippen LogP contribution in [0.5, 0.6) is 0 Å². The lowest BCUT2D eigenvalue weighted by Crippen LogP contribution is -2.48. The van der Waals surface area contributed by atoms with E-state index >= 15 is 0 Å². The van der Waals surface area contributed by atoms with Crippen molar-refractivity contribution in [3.05, 3.63) is 50.9 Å². The van der Waals surface area contributed by atoms with Gasteiger partial charge in [-0.1, -0.05) is 19.9 Å². The summed E-state index contributed by atoms with van der Waals surface area (Å²) in [6.45, 7) is 14.8. The molecule has 140 valence electrons. The second kappa shape index (κ2) is 7.23. The lowest BCUT2D eigenvalue weighted by Gasteiger charge is -2.38. The van der Waals surface area contributed by atoms with Gasteiger partial charge in [-0.25, -0.2) is 4.98 Å². The lowest BCUT2D eigenvalue weighted by atomic mass is 10.1. The quantitative estimate of drug-likeness (QED) is 0.835. The van der Waals surface area contributed by atoms with E-state index in [1.54, 1.807) is 0 Å². The lowest BCUT2D eigenvalue weighted by molar-refractivity contribution is 0.188. The predicted octanol–water partition coefficient (Wildman–Crippen LogP) is 3.89. The van der Waals surface area contributed by atoms with Crippen LogP contribution < -0.4 is 10.5 Å². The van der Waals surface area contributed by atoms with Gasteiger partial charge in [0.25, 0.3) is 5.56 Å². The summed E-state index contributed by atoms with van der Waals surface area (Å²) in [5, 5.41) is 0. The van der Waals surface area contributed by atoms with E-state index in [9.17, 15) is 4.79 Å². The average Bonchev–Trinajstić information content (AvgIpc) is 2.60. The van der Waals surface area contributed by atoms with Crippen molar-refractivity contribution in [3.8, 4) is 0 Å². The fraction of sp³-hybridized carbons (Fsp3) is 0.524. The van der Waals surface area contributed by atoms with Gasteiger partial charge in [-0.3, -0.25) is 19.2 Å². The van der Waals surface area contributed by atoms with E-state index < -0.39 is 0 Å². The largest absolute Gasteiger partial charge is 0.298 e. The Morgan fingerprint density at radius 1 is 1.08 bits per heavy atom. The van der Waals surface area contributed by atoms with Crippen LogP contribution in [0.4, 0.5) is 11.6 Å². The Morgan fingerprint density at radius 3 is 2.46 bits per heavy atom. The zero-order valence-corrected chi connectivity index (χ0v) is 16.8. The van der Waals surface area contributed by atoms with Gasteiger partial charge in [-0.2, -0.15) is 0 Å². The molecule has 5 nitrogen and oxygen atoms in total. The third kappa shape index (κ3) is 3.54. The summed E-state index contributed by atoms with van der Waals surface area (Å²) in [7, 11) is 0. The number of fused-ring (bicyclic) bond motifs is 1. The summed E-state index contributed by atoms with van der Waals surface area (Å²) >= 11 is 0. The van der Waals surface area contributed by atoms with Crippen LogP contribution in [0.3, 0.4) is 0 Å². The highest BCUT2D eigenvalue weighted by atomic mass is 16.1. The molecule has 0 spiro atoms. The number of aryl methyl sites for hydroxylation is 3. The van der Waals surface area contributed by atoms with Gasteiger partial charge >= 0.3 is 0 Å². The molecule has 1 aliphatic rings. The Bertz CT molecular complexity index is 869. The third-order valence-corrected chi connectivity index (χ3v) is 5.37. The average molecular weight is 354 g/mol. The number of nitrogens with zero attached hydrogens (tertiary/aromatic N) is 4. The maximum Gasteiger partial charge on any atom is 0.259 e. The summed E-state index contributed by atoms with van der Waals surface area (Å²) in [6.07, 6.45) is 1.11.